The first-order valence-electron chi connectivity index (χ1n) is 11.1. The number of amides is 1. The fourth-order valence-corrected chi connectivity index (χ4v) is 4.38. The van der Waals surface area contributed by atoms with Crippen molar-refractivity contribution in [3.05, 3.63) is 83.4 Å². The van der Waals surface area contributed by atoms with Crippen LogP contribution in [0.15, 0.2) is 71.6 Å². The van der Waals surface area contributed by atoms with E-state index in [9.17, 15) is 13.2 Å². The molecule has 0 bridgehead atoms. The molecule has 3 rings (SSSR count). The highest BCUT2D eigenvalue weighted by atomic mass is 32.2. The lowest BCUT2D eigenvalue weighted by molar-refractivity contribution is 0.0940. The lowest BCUT2D eigenvalue weighted by atomic mass is 10.1. The van der Waals surface area contributed by atoms with Crippen LogP contribution < -0.4 is 19.5 Å². The van der Waals surface area contributed by atoms with Gasteiger partial charge in [0, 0.05) is 11.3 Å². The van der Waals surface area contributed by atoms with Gasteiger partial charge in [-0.3, -0.25) is 9.52 Å². The van der Waals surface area contributed by atoms with Crippen molar-refractivity contribution in [2.45, 2.75) is 38.6 Å². The summed E-state index contributed by atoms with van der Waals surface area (Å²) in [6, 6.07) is 18.2. The second kappa shape index (κ2) is 11.1. The van der Waals surface area contributed by atoms with Crippen molar-refractivity contribution >= 4 is 21.6 Å². The summed E-state index contributed by atoms with van der Waals surface area (Å²) in [5.74, 6) is 1.02. The van der Waals surface area contributed by atoms with E-state index in [-0.39, 0.29) is 16.8 Å². The van der Waals surface area contributed by atoms with Crippen LogP contribution >= 0.6 is 0 Å². The van der Waals surface area contributed by atoms with Gasteiger partial charge in [-0.1, -0.05) is 23.8 Å². The van der Waals surface area contributed by atoms with Crippen molar-refractivity contribution in [3.8, 4) is 11.5 Å². The number of anilines is 1. The lowest BCUT2D eigenvalue weighted by Gasteiger charge is -2.18. The summed E-state index contributed by atoms with van der Waals surface area (Å²) in [5.41, 5.74) is 2.64. The van der Waals surface area contributed by atoms with Gasteiger partial charge in [-0.15, -0.1) is 0 Å². The SMILES string of the molecule is CCOc1ccc(C(C)NC(=O)c2ccc(NS(=O)(=O)c3ccc(C)cc3)cc2)cc1OCC. The van der Waals surface area contributed by atoms with E-state index in [0.29, 0.717) is 36.0 Å². The third-order valence-corrected chi connectivity index (χ3v) is 6.54. The summed E-state index contributed by atoms with van der Waals surface area (Å²) < 4.78 is 38.9. The maximum absolute atomic E-state index is 12.8. The topological polar surface area (TPSA) is 93.7 Å². The summed E-state index contributed by atoms with van der Waals surface area (Å²) in [6.07, 6.45) is 0. The van der Waals surface area contributed by atoms with E-state index in [1.807, 2.05) is 45.9 Å². The molecule has 0 aliphatic carbocycles. The van der Waals surface area contributed by atoms with Gasteiger partial charge in [0.05, 0.1) is 24.2 Å². The highest BCUT2D eigenvalue weighted by Crippen LogP contribution is 2.31. The molecule has 0 spiro atoms. The van der Waals surface area contributed by atoms with Crippen LogP contribution in [0.5, 0.6) is 11.5 Å². The van der Waals surface area contributed by atoms with Crippen molar-refractivity contribution in [2.75, 3.05) is 17.9 Å². The standard InChI is InChI=1S/C26H30N2O5S/c1-5-32-24-16-11-21(17-25(24)33-6-2)19(4)27-26(29)20-9-12-22(13-10-20)28-34(30,31)23-14-7-18(3)8-15-23/h7-17,19,28H,5-6H2,1-4H3,(H,27,29). The van der Waals surface area contributed by atoms with Gasteiger partial charge in [0.1, 0.15) is 0 Å². The van der Waals surface area contributed by atoms with E-state index >= 15 is 0 Å². The zero-order valence-corrected chi connectivity index (χ0v) is 20.6. The van der Waals surface area contributed by atoms with Crippen molar-refractivity contribution in [3.63, 3.8) is 0 Å². The average Bonchev–Trinajstić information content (AvgIpc) is 2.81. The van der Waals surface area contributed by atoms with Gasteiger partial charge in [0.2, 0.25) is 0 Å². The number of nitrogens with one attached hydrogen (secondary N) is 2. The quantitative estimate of drug-likeness (QED) is 0.420. The second-order valence-corrected chi connectivity index (χ2v) is 9.45. The minimum absolute atomic E-state index is 0.176. The first kappa shape index (κ1) is 25.1. The Bertz CT molecular complexity index is 1220. The molecule has 7 nitrogen and oxygen atoms in total. The van der Waals surface area contributed by atoms with Crippen molar-refractivity contribution in [1.82, 2.24) is 5.32 Å². The predicted octanol–water partition coefficient (Wildman–Crippen LogP) is 5.08. The molecule has 0 saturated carbocycles. The Hall–Kier alpha value is -3.52. The molecule has 34 heavy (non-hydrogen) atoms. The van der Waals surface area contributed by atoms with Crippen LogP contribution in [-0.2, 0) is 10.0 Å². The maximum Gasteiger partial charge on any atom is 0.261 e. The van der Waals surface area contributed by atoms with Crippen LogP contribution in [0, 0.1) is 6.92 Å². The van der Waals surface area contributed by atoms with E-state index in [0.717, 1.165) is 11.1 Å². The van der Waals surface area contributed by atoms with Gasteiger partial charge in [-0.05, 0) is 81.8 Å². The van der Waals surface area contributed by atoms with Gasteiger partial charge in [0.25, 0.3) is 15.9 Å². The summed E-state index contributed by atoms with van der Waals surface area (Å²) >= 11 is 0. The minimum atomic E-state index is -3.71. The summed E-state index contributed by atoms with van der Waals surface area (Å²) in [4.78, 5) is 12.9. The molecule has 0 saturated heterocycles. The van der Waals surface area contributed by atoms with E-state index < -0.39 is 10.0 Å². The van der Waals surface area contributed by atoms with Gasteiger partial charge in [-0.25, -0.2) is 8.42 Å². The monoisotopic (exact) mass is 482 g/mol. The molecule has 0 aromatic heterocycles. The lowest BCUT2D eigenvalue weighted by Crippen LogP contribution is -2.26. The number of carbonyl (C=O) groups is 1. The fourth-order valence-electron chi connectivity index (χ4n) is 3.32. The average molecular weight is 483 g/mol. The van der Waals surface area contributed by atoms with Crippen LogP contribution in [0.4, 0.5) is 5.69 Å². The smallest absolute Gasteiger partial charge is 0.261 e. The molecule has 3 aromatic rings. The molecule has 3 aromatic carbocycles. The van der Waals surface area contributed by atoms with E-state index in [2.05, 4.69) is 10.0 Å². The highest BCUT2D eigenvalue weighted by Gasteiger charge is 2.16. The Labute approximate surface area is 201 Å². The van der Waals surface area contributed by atoms with Gasteiger partial charge in [-0.2, -0.15) is 0 Å². The molecular formula is C26H30N2O5S. The Kier molecular flexibility index (Phi) is 8.17. The molecule has 0 heterocycles. The number of ether oxygens (including phenoxy) is 2. The minimum Gasteiger partial charge on any atom is -0.490 e. The van der Waals surface area contributed by atoms with Gasteiger partial charge < -0.3 is 14.8 Å². The Morgan fingerprint density at radius 2 is 1.50 bits per heavy atom. The molecule has 1 atom stereocenters. The number of hydrogen-bond donors (Lipinski definition) is 2. The first-order valence-corrected chi connectivity index (χ1v) is 12.6. The van der Waals surface area contributed by atoms with Crippen LogP contribution in [0.3, 0.4) is 0 Å². The van der Waals surface area contributed by atoms with Crippen LogP contribution in [-0.4, -0.2) is 27.5 Å². The third kappa shape index (κ3) is 6.29. The fraction of sp³-hybridized carbons (Fsp3) is 0.269. The zero-order valence-electron chi connectivity index (χ0n) is 19.8. The molecule has 1 amide bonds. The largest absolute Gasteiger partial charge is 0.490 e. The number of benzene rings is 3. The Morgan fingerprint density at radius 3 is 2.12 bits per heavy atom. The van der Waals surface area contributed by atoms with Crippen LogP contribution in [0.1, 0.15) is 48.3 Å². The van der Waals surface area contributed by atoms with E-state index in [1.165, 1.54) is 0 Å². The molecule has 180 valence electrons. The number of carbonyl (C=O) groups excluding carboxylic acids is 1. The third-order valence-electron chi connectivity index (χ3n) is 5.15. The number of rotatable bonds is 10. The maximum atomic E-state index is 12.8. The van der Waals surface area contributed by atoms with E-state index in [4.69, 9.17) is 9.47 Å². The summed E-state index contributed by atoms with van der Waals surface area (Å²) in [5, 5.41) is 2.96. The highest BCUT2D eigenvalue weighted by molar-refractivity contribution is 7.92. The molecule has 1 unspecified atom stereocenters. The number of aryl methyl sites for hydroxylation is 1. The Morgan fingerprint density at radius 1 is 0.882 bits per heavy atom. The predicted molar refractivity (Wildman–Crippen MR) is 133 cm³/mol. The second-order valence-electron chi connectivity index (χ2n) is 7.76. The molecule has 0 radical (unpaired) electrons. The van der Waals surface area contributed by atoms with Crippen molar-refractivity contribution < 1.29 is 22.7 Å². The van der Waals surface area contributed by atoms with Crippen molar-refractivity contribution in [1.29, 1.82) is 0 Å². The molecular weight excluding hydrogens is 452 g/mol. The van der Waals surface area contributed by atoms with Gasteiger partial charge >= 0.3 is 0 Å². The van der Waals surface area contributed by atoms with E-state index in [1.54, 1.807) is 48.5 Å². The first-order chi connectivity index (χ1) is 16.2. The number of hydrogen-bond acceptors (Lipinski definition) is 5. The van der Waals surface area contributed by atoms with Crippen LogP contribution in [0.25, 0.3) is 0 Å². The Balaban J connectivity index is 1.67. The summed E-state index contributed by atoms with van der Waals surface area (Å²) in [7, 11) is -3.71. The molecule has 2 N–H and O–H groups in total. The van der Waals surface area contributed by atoms with Crippen molar-refractivity contribution in [2.24, 2.45) is 0 Å². The zero-order chi connectivity index (χ0) is 24.7. The summed E-state index contributed by atoms with van der Waals surface area (Å²) in [6.45, 7) is 8.62. The molecule has 0 fully saturated rings. The van der Waals surface area contributed by atoms with Crippen LogP contribution in [0.2, 0.25) is 0 Å². The molecule has 0 aliphatic rings. The molecule has 0 aliphatic heterocycles. The van der Waals surface area contributed by atoms with Gasteiger partial charge in [0.15, 0.2) is 11.5 Å². The normalized spacial score (nSPS) is 12.0. The number of sulfonamides is 1. The molecule has 8 heteroatoms.